The molecule has 90 valence electrons. The minimum Gasteiger partial charge on any atom is -0.366 e. The molecule has 0 spiro atoms. The van der Waals surface area contributed by atoms with Crippen LogP contribution < -0.4 is 10.2 Å². The molecule has 1 aromatic carbocycles. The van der Waals surface area contributed by atoms with Gasteiger partial charge < -0.3 is 10.2 Å². The number of nitrogens with one attached hydrogen (secondary N) is 1. The summed E-state index contributed by atoms with van der Waals surface area (Å²) in [4.78, 5) is 2.24. The van der Waals surface area contributed by atoms with E-state index in [4.69, 9.17) is 11.6 Å². The van der Waals surface area contributed by atoms with Gasteiger partial charge >= 0.3 is 0 Å². The molecule has 5 heteroatoms. The topological polar surface area (TPSA) is 15.3 Å². The van der Waals surface area contributed by atoms with E-state index >= 15 is 0 Å². The predicted molar refractivity (Wildman–Crippen MR) is 68.3 cm³/mol. The highest BCUT2D eigenvalue weighted by molar-refractivity contribution is 6.31. The van der Waals surface area contributed by atoms with Crippen LogP contribution in [-0.4, -0.2) is 25.7 Å². The van der Waals surface area contributed by atoms with Crippen molar-refractivity contribution in [2.75, 3.05) is 24.5 Å². The monoisotopic (exact) mass is 264 g/mol. The number of hydrogen-bond donors (Lipinski definition) is 1. The summed E-state index contributed by atoms with van der Waals surface area (Å²) in [6.45, 7) is 4.99. The lowest BCUT2D eigenvalue weighted by molar-refractivity contribution is 0.500. The minimum absolute atomic E-state index is 0. The van der Waals surface area contributed by atoms with Gasteiger partial charge in [0.2, 0.25) is 0 Å². The number of benzene rings is 1. The number of halogens is 3. The van der Waals surface area contributed by atoms with Crippen molar-refractivity contribution in [3.05, 3.63) is 29.0 Å². The molecule has 1 aliphatic heterocycles. The second-order valence-corrected chi connectivity index (χ2v) is 4.25. The van der Waals surface area contributed by atoms with E-state index < -0.39 is 0 Å². The van der Waals surface area contributed by atoms with E-state index in [1.807, 2.05) is 0 Å². The average Bonchev–Trinajstić information content (AvgIpc) is 2.23. The normalized spacial score (nSPS) is 20.4. The standard InChI is InChI=1S/C11H14ClFN2.ClH/c1-8-7-14-4-5-15(8)9-2-3-11(13)10(12)6-9;/h2-3,6,8,14H,4-5,7H2,1H3;1H/t8-;/m0./s1. The summed E-state index contributed by atoms with van der Waals surface area (Å²) in [5, 5.41) is 3.50. The Kier molecular flexibility index (Phi) is 4.84. The van der Waals surface area contributed by atoms with Crippen LogP contribution in [0, 0.1) is 5.82 Å². The van der Waals surface area contributed by atoms with E-state index in [9.17, 15) is 4.39 Å². The summed E-state index contributed by atoms with van der Waals surface area (Å²) < 4.78 is 13.0. The summed E-state index contributed by atoms with van der Waals surface area (Å²) in [5.41, 5.74) is 0.996. The fraction of sp³-hybridized carbons (Fsp3) is 0.455. The fourth-order valence-electron chi connectivity index (χ4n) is 1.89. The highest BCUT2D eigenvalue weighted by Gasteiger charge is 2.18. The molecule has 1 atom stereocenters. The highest BCUT2D eigenvalue weighted by atomic mass is 35.5. The number of hydrogen-bond acceptors (Lipinski definition) is 2. The molecule has 0 amide bonds. The zero-order chi connectivity index (χ0) is 10.8. The lowest BCUT2D eigenvalue weighted by atomic mass is 10.2. The first-order valence-corrected chi connectivity index (χ1v) is 5.48. The molecule has 0 unspecified atom stereocenters. The first kappa shape index (κ1) is 13.6. The van der Waals surface area contributed by atoms with Crippen molar-refractivity contribution in [2.24, 2.45) is 0 Å². The number of anilines is 1. The Morgan fingerprint density at radius 2 is 2.25 bits per heavy atom. The smallest absolute Gasteiger partial charge is 0.141 e. The maximum absolute atomic E-state index is 13.0. The summed E-state index contributed by atoms with van der Waals surface area (Å²) in [7, 11) is 0. The van der Waals surface area contributed by atoms with Crippen LogP contribution in [0.3, 0.4) is 0 Å². The van der Waals surface area contributed by atoms with Gasteiger partial charge in [-0.05, 0) is 25.1 Å². The van der Waals surface area contributed by atoms with Gasteiger partial charge in [0.05, 0.1) is 5.02 Å². The molecule has 16 heavy (non-hydrogen) atoms. The lowest BCUT2D eigenvalue weighted by Gasteiger charge is -2.36. The molecule has 1 heterocycles. The molecule has 0 aromatic heterocycles. The Morgan fingerprint density at radius 1 is 1.50 bits per heavy atom. The van der Waals surface area contributed by atoms with E-state index in [0.29, 0.717) is 6.04 Å². The van der Waals surface area contributed by atoms with Gasteiger partial charge in [0.25, 0.3) is 0 Å². The molecule has 1 saturated heterocycles. The third-order valence-corrected chi connectivity index (χ3v) is 3.03. The molecule has 0 saturated carbocycles. The van der Waals surface area contributed by atoms with Crippen LogP contribution in [0.25, 0.3) is 0 Å². The Bertz CT molecular complexity index is 360. The van der Waals surface area contributed by atoms with E-state index in [0.717, 1.165) is 25.3 Å². The van der Waals surface area contributed by atoms with Gasteiger partial charge in [-0.2, -0.15) is 0 Å². The van der Waals surface area contributed by atoms with Crippen LogP contribution in [0.1, 0.15) is 6.92 Å². The molecule has 1 fully saturated rings. The second-order valence-electron chi connectivity index (χ2n) is 3.84. The molecule has 0 bridgehead atoms. The quantitative estimate of drug-likeness (QED) is 0.839. The minimum atomic E-state index is -0.358. The number of nitrogens with zero attached hydrogens (tertiary/aromatic N) is 1. The number of piperazine rings is 1. The van der Waals surface area contributed by atoms with E-state index in [2.05, 4.69) is 17.1 Å². The Morgan fingerprint density at radius 3 is 2.88 bits per heavy atom. The van der Waals surface area contributed by atoms with Crippen molar-refractivity contribution in [1.29, 1.82) is 0 Å². The Hall–Kier alpha value is -0.510. The molecule has 1 N–H and O–H groups in total. The molecule has 2 rings (SSSR count). The predicted octanol–water partition coefficient (Wildman–Crippen LogP) is 2.70. The van der Waals surface area contributed by atoms with Crippen molar-refractivity contribution in [2.45, 2.75) is 13.0 Å². The molecular formula is C11H15Cl2FN2. The third kappa shape index (κ3) is 2.78. The van der Waals surface area contributed by atoms with Gasteiger partial charge in [-0.1, -0.05) is 11.6 Å². The fourth-order valence-corrected chi connectivity index (χ4v) is 2.06. The van der Waals surface area contributed by atoms with Crippen molar-refractivity contribution in [3.8, 4) is 0 Å². The van der Waals surface area contributed by atoms with Gasteiger partial charge in [-0.25, -0.2) is 4.39 Å². The Balaban J connectivity index is 0.00000128. The van der Waals surface area contributed by atoms with Gasteiger partial charge in [0.15, 0.2) is 0 Å². The van der Waals surface area contributed by atoms with Crippen LogP contribution in [0.2, 0.25) is 5.02 Å². The molecule has 0 aliphatic carbocycles. The highest BCUT2D eigenvalue weighted by Crippen LogP contribution is 2.24. The van der Waals surface area contributed by atoms with E-state index in [1.165, 1.54) is 6.07 Å². The van der Waals surface area contributed by atoms with Crippen LogP contribution in [-0.2, 0) is 0 Å². The molecular weight excluding hydrogens is 250 g/mol. The molecule has 0 radical (unpaired) electrons. The van der Waals surface area contributed by atoms with Crippen molar-refractivity contribution in [3.63, 3.8) is 0 Å². The first-order chi connectivity index (χ1) is 7.18. The summed E-state index contributed by atoms with van der Waals surface area (Å²) >= 11 is 5.76. The van der Waals surface area contributed by atoms with Crippen molar-refractivity contribution in [1.82, 2.24) is 5.32 Å². The average molecular weight is 265 g/mol. The summed E-state index contributed by atoms with van der Waals surface area (Å²) in [6.07, 6.45) is 0. The SMILES string of the molecule is C[C@H]1CNCCN1c1ccc(F)c(Cl)c1.Cl. The van der Waals surface area contributed by atoms with Gasteiger partial charge in [-0.15, -0.1) is 12.4 Å². The van der Waals surface area contributed by atoms with Crippen LogP contribution in [0.15, 0.2) is 18.2 Å². The maximum atomic E-state index is 13.0. The second kappa shape index (κ2) is 5.71. The number of rotatable bonds is 1. The zero-order valence-corrected chi connectivity index (χ0v) is 10.6. The van der Waals surface area contributed by atoms with E-state index in [-0.39, 0.29) is 23.2 Å². The van der Waals surface area contributed by atoms with E-state index in [1.54, 1.807) is 12.1 Å². The molecule has 1 aliphatic rings. The van der Waals surface area contributed by atoms with Crippen molar-refractivity contribution < 1.29 is 4.39 Å². The lowest BCUT2D eigenvalue weighted by Crippen LogP contribution is -2.49. The molecule has 2 nitrogen and oxygen atoms in total. The molecule has 1 aromatic rings. The summed E-state index contributed by atoms with van der Waals surface area (Å²) in [6, 6.07) is 5.31. The first-order valence-electron chi connectivity index (χ1n) is 5.11. The van der Waals surface area contributed by atoms with Gasteiger partial charge in [0.1, 0.15) is 5.82 Å². The largest absolute Gasteiger partial charge is 0.366 e. The maximum Gasteiger partial charge on any atom is 0.141 e. The van der Waals surface area contributed by atoms with Crippen LogP contribution in [0.5, 0.6) is 0 Å². The third-order valence-electron chi connectivity index (χ3n) is 2.74. The van der Waals surface area contributed by atoms with Crippen molar-refractivity contribution >= 4 is 29.7 Å². The zero-order valence-electron chi connectivity index (χ0n) is 9.04. The van der Waals surface area contributed by atoms with Gasteiger partial charge in [-0.3, -0.25) is 0 Å². The van der Waals surface area contributed by atoms with Gasteiger partial charge in [0, 0.05) is 31.4 Å². The van der Waals surface area contributed by atoms with Crippen LogP contribution in [0.4, 0.5) is 10.1 Å². The van der Waals surface area contributed by atoms with Crippen LogP contribution >= 0.6 is 24.0 Å². The Labute approximate surface area is 106 Å². The summed E-state index contributed by atoms with van der Waals surface area (Å²) in [5.74, 6) is -0.358.